The lowest BCUT2D eigenvalue weighted by molar-refractivity contribution is 0.0396. The van der Waals surface area contributed by atoms with E-state index in [-0.39, 0.29) is 35.4 Å². The number of benzene rings is 2. The molecule has 1 aliphatic rings. The topological polar surface area (TPSA) is 94.7 Å². The molecule has 3 aromatic rings. The van der Waals surface area contributed by atoms with Crippen molar-refractivity contribution in [2.45, 2.75) is 56.8 Å². The van der Waals surface area contributed by atoms with E-state index in [1.165, 1.54) is 45.2 Å². The second kappa shape index (κ2) is 11.0. The number of ether oxygens (including phenoxy) is 2. The zero-order valence-electron chi connectivity index (χ0n) is 21.6. The second-order valence-corrected chi connectivity index (χ2v) is 10.6. The number of halogens is 3. The highest BCUT2D eigenvalue weighted by Gasteiger charge is 2.31. The Morgan fingerprint density at radius 3 is 2.53 bits per heavy atom. The molecule has 1 aromatic heterocycles. The first-order chi connectivity index (χ1) is 17.9. The van der Waals surface area contributed by atoms with Crippen LogP contribution >= 0.6 is 11.6 Å². The summed E-state index contributed by atoms with van der Waals surface area (Å²) in [4.78, 5) is 17.6. The number of nitrogens with zero attached hydrogens (tertiary/aromatic N) is 1. The zero-order chi connectivity index (χ0) is 27.7. The third-order valence-corrected chi connectivity index (χ3v) is 6.96. The minimum Gasteiger partial charge on any atom is -0.493 e. The Kier molecular flexibility index (Phi) is 8.06. The summed E-state index contributed by atoms with van der Waals surface area (Å²) in [5, 5.41) is 11.3. The summed E-state index contributed by atoms with van der Waals surface area (Å²) in [6, 6.07) is 12.2. The molecule has 9 heteroatoms. The number of rotatable bonds is 11. The molecule has 2 aromatic carbocycles. The van der Waals surface area contributed by atoms with E-state index in [0.717, 1.165) is 12.8 Å². The van der Waals surface area contributed by atoms with Gasteiger partial charge in [0, 0.05) is 17.5 Å². The maximum absolute atomic E-state index is 13.8. The average molecular weight is 545 g/mol. The molecule has 3 N–H and O–H groups in total. The number of pyridine rings is 1. The van der Waals surface area contributed by atoms with Crippen LogP contribution in [0.1, 0.15) is 61.1 Å². The summed E-state index contributed by atoms with van der Waals surface area (Å²) in [6.07, 6.45) is 2.22. The highest BCUT2D eigenvalue weighted by molar-refractivity contribution is 6.31. The van der Waals surface area contributed by atoms with E-state index in [1.807, 2.05) is 0 Å². The Morgan fingerprint density at radius 2 is 1.89 bits per heavy atom. The number of aromatic nitrogens is 1. The number of Topliss-reactive ketones (excluding diaryl/α,β-unsaturated/α-hetero) is 1. The molecule has 1 heterocycles. The first kappa shape index (κ1) is 28.0. The van der Waals surface area contributed by atoms with Crippen LogP contribution in [0.2, 0.25) is 5.02 Å². The van der Waals surface area contributed by atoms with Gasteiger partial charge in [-0.2, -0.15) is 0 Å². The minimum absolute atomic E-state index is 0.00556. The third kappa shape index (κ3) is 6.31. The molecule has 4 rings (SSSR count). The number of ketones is 1. The third-order valence-electron chi connectivity index (χ3n) is 6.67. The molecule has 0 amide bonds. The zero-order valence-corrected chi connectivity index (χ0v) is 22.3. The number of carbonyl (C=O) groups excluding carboxylic acids is 1. The van der Waals surface area contributed by atoms with Crippen LogP contribution in [0, 0.1) is 5.82 Å². The molecule has 2 unspecified atom stereocenters. The fourth-order valence-corrected chi connectivity index (χ4v) is 4.13. The Labute approximate surface area is 225 Å². The Morgan fingerprint density at radius 1 is 1.16 bits per heavy atom. The van der Waals surface area contributed by atoms with Crippen molar-refractivity contribution < 1.29 is 28.2 Å². The van der Waals surface area contributed by atoms with E-state index >= 15 is 0 Å². The highest BCUT2D eigenvalue weighted by Crippen LogP contribution is 2.36. The Balaban J connectivity index is 1.59. The monoisotopic (exact) mass is 544 g/mol. The number of hydrogen-bond donors (Lipinski definition) is 2. The molecular formula is C29H31ClF2N2O4. The molecular weight excluding hydrogens is 514 g/mol. The Hall–Kier alpha value is -3.07. The number of carbonyl (C=O) groups is 1. The van der Waals surface area contributed by atoms with Crippen LogP contribution in [0.4, 0.5) is 8.78 Å². The fourth-order valence-electron chi connectivity index (χ4n) is 3.95. The normalized spacial score (nSPS) is 16.4. The summed E-state index contributed by atoms with van der Waals surface area (Å²) < 4.78 is 38.7. The largest absolute Gasteiger partial charge is 0.493 e. The maximum atomic E-state index is 13.8. The molecule has 38 heavy (non-hydrogen) atoms. The molecule has 0 bridgehead atoms. The van der Waals surface area contributed by atoms with Gasteiger partial charge in [-0.1, -0.05) is 11.6 Å². The van der Waals surface area contributed by atoms with Crippen molar-refractivity contribution >= 4 is 17.4 Å². The number of aliphatic hydroxyl groups is 1. The SMILES string of the molecule is COc1cc(C(=O)CCC(C)(O)c2cc(C(C)(N)CF)cc(-c3ccc(F)c(Cl)c3)n2)ccc1OC1CC1. The van der Waals surface area contributed by atoms with Crippen molar-refractivity contribution in [3.05, 3.63) is 76.2 Å². The van der Waals surface area contributed by atoms with Gasteiger partial charge in [-0.15, -0.1) is 0 Å². The van der Waals surface area contributed by atoms with Crippen LogP contribution in [-0.2, 0) is 11.1 Å². The lowest BCUT2D eigenvalue weighted by atomic mass is 9.87. The van der Waals surface area contributed by atoms with Crippen molar-refractivity contribution in [1.29, 1.82) is 0 Å². The van der Waals surface area contributed by atoms with Crippen molar-refractivity contribution in [2.75, 3.05) is 13.8 Å². The van der Waals surface area contributed by atoms with Crippen molar-refractivity contribution in [1.82, 2.24) is 4.98 Å². The van der Waals surface area contributed by atoms with Gasteiger partial charge in [-0.25, -0.2) is 13.8 Å². The summed E-state index contributed by atoms with van der Waals surface area (Å²) >= 11 is 5.96. The quantitative estimate of drug-likeness (QED) is 0.283. The van der Waals surface area contributed by atoms with Gasteiger partial charge < -0.3 is 20.3 Å². The van der Waals surface area contributed by atoms with E-state index < -0.39 is 23.6 Å². The molecule has 1 aliphatic carbocycles. The molecule has 6 nitrogen and oxygen atoms in total. The van der Waals surface area contributed by atoms with Gasteiger partial charge in [0.2, 0.25) is 0 Å². The van der Waals surface area contributed by atoms with Crippen LogP contribution in [-0.4, -0.2) is 35.8 Å². The van der Waals surface area contributed by atoms with Gasteiger partial charge in [0.05, 0.1) is 35.2 Å². The van der Waals surface area contributed by atoms with Gasteiger partial charge in [0.1, 0.15) is 18.1 Å². The highest BCUT2D eigenvalue weighted by atomic mass is 35.5. The smallest absolute Gasteiger partial charge is 0.163 e. The van der Waals surface area contributed by atoms with Crippen LogP contribution < -0.4 is 15.2 Å². The van der Waals surface area contributed by atoms with Crippen LogP contribution in [0.15, 0.2) is 48.5 Å². The number of hydrogen-bond acceptors (Lipinski definition) is 6. The number of alkyl halides is 1. The predicted octanol–water partition coefficient (Wildman–Crippen LogP) is 6.10. The molecule has 0 aliphatic heterocycles. The van der Waals surface area contributed by atoms with Gasteiger partial charge in [-0.3, -0.25) is 4.79 Å². The summed E-state index contributed by atoms with van der Waals surface area (Å²) in [7, 11) is 1.52. The predicted molar refractivity (Wildman–Crippen MR) is 142 cm³/mol. The maximum Gasteiger partial charge on any atom is 0.163 e. The number of methoxy groups -OCH3 is 1. The summed E-state index contributed by atoms with van der Waals surface area (Å²) in [5.74, 6) is 0.273. The summed E-state index contributed by atoms with van der Waals surface area (Å²) in [6.45, 7) is 2.20. The standard InChI is InChI=1S/C29H31ClF2N2O4/c1-28(33,16-31)19-14-23(17-4-8-22(32)21(30)12-17)34-27(15-19)29(2,36)11-10-24(35)18-5-9-25(26(13-18)37-3)38-20-6-7-20/h4-5,8-9,12-15,20,36H,6-7,10-11,16,33H2,1-3H3. The van der Waals surface area contributed by atoms with Crippen molar-refractivity contribution in [3.8, 4) is 22.8 Å². The van der Waals surface area contributed by atoms with Crippen molar-refractivity contribution in [3.63, 3.8) is 0 Å². The van der Waals surface area contributed by atoms with Gasteiger partial charge in [0.25, 0.3) is 0 Å². The van der Waals surface area contributed by atoms with E-state index in [2.05, 4.69) is 4.98 Å². The molecule has 1 saturated carbocycles. The molecule has 202 valence electrons. The average Bonchev–Trinajstić information content (AvgIpc) is 3.73. The fraction of sp³-hybridized carbons (Fsp3) is 0.379. The lowest BCUT2D eigenvalue weighted by Gasteiger charge is -2.27. The first-order valence-electron chi connectivity index (χ1n) is 12.4. The lowest BCUT2D eigenvalue weighted by Crippen LogP contribution is -2.36. The van der Waals surface area contributed by atoms with Crippen LogP contribution in [0.25, 0.3) is 11.3 Å². The van der Waals surface area contributed by atoms with E-state index in [9.17, 15) is 18.7 Å². The first-order valence-corrected chi connectivity index (χ1v) is 12.7. The van der Waals surface area contributed by atoms with Gasteiger partial charge in [-0.05, 0) is 87.2 Å². The van der Waals surface area contributed by atoms with Crippen LogP contribution in [0.5, 0.6) is 11.5 Å². The molecule has 0 saturated heterocycles. The minimum atomic E-state index is -1.56. The van der Waals surface area contributed by atoms with Crippen LogP contribution in [0.3, 0.4) is 0 Å². The van der Waals surface area contributed by atoms with E-state index in [1.54, 1.807) is 24.3 Å². The molecule has 2 atom stereocenters. The summed E-state index contributed by atoms with van der Waals surface area (Å²) in [5.41, 5.74) is 5.09. The molecule has 0 spiro atoms. The van der Waals surface area contributed by atoms with Crippen molar-refractivity contribution in [2.24, 2.45) is 5.73 Å². The Bertz CT molecular complexity index is 1340. The van der Waals surface area contributed by atoms with E-state index in [0.29, 0.717) is 33.9 Å². The molecule has 0 radical (unpaired) electrons. The van der Waals surface area contributed by atoms with Gasteiger partial charge in [0.15, 0.2) is 17.3 Å². The molecule has 1 fully saturated rings. The number of nitrogens with two attached hydrogens (primary N) is 1. The second-order valence-electron chi connectivity index (χ2n) is 10.2. The van der Waals surface area contributed by atoms with E-state index in [4.69, 9.17) is 26.8 Å². The van der Waals surface area contributed by atoms with Gasteiger partial charge >= 0.3 is 0 Å².